The Balaban J connectivity index is 1.78. The van der Waals surface area contributed by atoms with Crippen molar-refractivity contribution in [1.82, 2.24) is 29.6 Å². The number of halogens is 2. The molecule has 0 bridgehead atoms. The van der Waals surface area contributed by atoms with Gasteiger partial charge in [0.05, 0.1) is 16.7 Å². The monoisotopic (exact) mass is 357 g/mol. The Kier molecular flexibility index (Phi) is 3.98. The molecule has 0 fully saturated rings. The van der Waals surface area contributed by atoms with E-state index in [0.29, 0.717) is 5.52 Å². The van der Waals surface area contributed by atoms with E-state index in [2.05, 4.69) is 20.4 Å². The van der Waals surface area contributed by atoms with Crippen molar-refractivity contribution >= 4 is 22.5 Å². The zero-order valence-electron chi connectivity index (χ0n) is 14.1. The van der Waals surface area contributed by atoms with Crippen molar-refractivity contribution in [2.45, 2.75) is 26.1 Å². The summed E-state index contributed by atoms with van der Waals surface area (Å²) in [6.45, 7) is 1.15. The summed E-state index contributed by atoms with van der Waals surface area (Å²) >= 11 is 0. The lowest BCUT2D eigenvalue weighted by molar-refractivity contribution is 0.236. The maximum absolute atomic E-state index is 13.2. The highest BCUT2D eigenvalue weighted by Crippen LogP contribution is 2.29. The van der Waals surface area contributed by atoms with Crippen LogP contribution in [0.3, 0.4) is 0 Å². The molecule has 0 saturated heterocycles. The van der Waals surface area contributed by atoms with E-state index in [4.69, 9.17) is 5.73 Å². The number of nitrogens with zero attached hydrogens (tertiary/aromatic N) is 6. The molecule has 0 aliphatic carbocycles. The minimum atomic E-state index is -1.49. The second-order valence-corrected chi connectivity index (χ2v) is 6.13. The van der Waals surface area contributed by atoms with Crippen LogP contribution < -0.4 is 5.73 Å². The molecule has 3 heterocycles. The van der Waals surface area contributed by atoms with Crippen LogP contribution in [0.15, 0.2) is 30.5 Å². The Morgan fingerprint density at radius 3 is 2.92 bits per heavy atom. The number of aryl methyl sites for hydroxylation is 2. The molecule has 0 aliphatic rings. The lowest BCUT2D eigenvalue weighted by atomic mass is 10.1. The summed E-state index contributed by atoms with van der Waals surface area (Å²) in [5.41, 5.74) is 10.7. The summed E-state index contributed by atoms with van der Waals surface area (Å²) in [4.78, 5) is 4.23. The van der Waals surface area contributed by atoms with Crippen LogP contribution in [0, 0.1) is 6.92 Å². The molecule has 134 valence electrons. The number of rotatable bonds is 5. The molecule has 0 radical (unpaired) electrons. The Labute approximate surface area is 147 Å². The van der Waals surface area contributed by atoms with Crippen molar-refractivity contribution in [2.75, 3.05) is 12.4 Å². The van der Waals surface area contributed by atoms with Crippen LogP contribution in [0.4, 0.5) is 14.7 Å². The van der Waals surface area contributed by atoms with E-state index in [-0.39, 0.29) is 18.9 Å². The molecule has 4 rings (SSSR count). The number of hydrogen-bond acceptors (Lipinski definition) is 5. The van der Waals surface area contributed by atoms with Crippen LogP contribution in [0.1, 0.15) is 12.1 Å². The van der Waals surface area contributed by atoms with E-state index in [1.165, 1.54) is 0 Å². The summed E-state index contributed by atoms with van der Waals surface area (Å²) in [6, 6.07) is 7.66. The average molecular weight is 357 g/mol. The van der Waals surface area contributed by atoms with E-state index in [1.54, 1.807) is 9.20 Å². The van der Waals surface area contributed by atoms with E-state index >= 15 is 0 Å². The van der Waals surface area contributed by atoms with Gasteiger partial charge in [-0.05, 0) is 30.7 Å². The number of nitrogens with two attached hydrogens (primary N) is 1. The van der Waals surface area contributed by atoms with Crippen LogP contribution >= 0.6 is 0 Å². The second kappa shape index (κ2) is 6.32. The van der Waals surface area contributed by atoms with Gasteiger partial charge >= 0.3 is 0 Å². The molecule has 0 aliphatic heterocycles. The van der Waals surface area contributed by atoms with Crippen LogP contribution in [-0.4, -0.2) is 42.4 Å². The summed E-state index contributed by atoms with van der Waals surface area (Å²) < 4.78 is 28.9. The third-order valence-electron chi connectivity index (χ3n) is 4.35. The molecule has 26 heavy (non-hydrogen) atoms. The molecule has 0 spiro atoms. The van der Waals surface area contributed by atoms with Crippen LogP contribution in [0.5, 0.6) is 0 Å². The van der Waals surface area contributed by atoms with Crippen molar-refractivity contribution in [3.63, 3.8) is 0 Å². The first kappa shape index (κ1) is 16.4. The van der Waals surface area contributed by atoms with E-state index in [9.17, 15) is 8.78 Å². The Morgan fingerprint density at radius 2 is 2.12 bits per heavy atom. The van der Waals surface area contributed by atoms with Gasteiger partial charge in [-0.15, -0.1) is 10.2 Å². The normalized spacial score (nSPS) is 12.9. The van der Waals surface area contributed by atoms with Gasteiger partial charge in [0, 0.05) is 24.7 Å². The van der Waals surface area contributed by atoms with Gasteiger partial charge in [-0.2, -0.15) is 0 Å². The summed E-state index contributed by atoms with van der Waals surface area (Å²) in [5.74, 6) is 0.212. The first-order valence-electron chi connectivity index (χ1n) is 8.22. The number of alkyl halides is 2. The fraction of sp³-hybridized carbons (Fsp3) is 0.294. The van der Waals surface area contributed by atoms with Gasteiger partial charge in [-0.25, -0.2) is 23.0 Å². The van der Waals surface area contributed by atoms with Crippen molar-refractivity contribution in [1.29, 1.82) is 0 Å². The predicted molar refractivity (Wildman–Crippen MR) is 94.1 cm³/mol. The lowest BCUT2D eigenvalue weighted by Crippen LogP contribution is -2.09. The van der Waals surface area contributed by atoms with Gasteiger partial charge in [0.1, 0.15) is 18.4 Å². The van der Waals surface area contributed by atoms with Crippen LogP contribution in [0.25, 0.3) is 27.7 Å². The second-order valence-electron chi connectivity index (χ2n) is 6.13. The molecule has 1 aromatic carbocycles. The Bertz CT molecular complexity index is 1090. The number of benzene rings is 1. The molecular weight excluding hydrogens is 340 g/mol. The zero-order valence-corrected chi connectivity index (χ0v) is 14.1. The maximum Gasteiger partial charge on any atom is 0.238 e. The summed E-state index contributed by atoms with van der Waals surface area (Å²) in [6.07, 6.45) is 0.392. The minimum Gasteiger partial charge on any atom is -0.367 e. The SMILES string of the molecule is Cc1nc(N)nn2ccc(-c3ccc4nnn(CCC(F)CF)c4c3)c12. The molecule has 1 atom stereocenters. The Morgan fingerprint density at radius 1 is 1.27 bits per heavy atom. The van der Waals surface area contributed by atoms with Gasteiger partial charge in [0.15, 0.2) is 0 Å². The molecule has 4 aromatic rings. The van der Waals surface area contributed by atoms with Gasteiger partial charge < -0.3 is 5.73 Å². The smallest absolute Gasteiger partial charge is 0.238 e. The molecule has 0 amide bonds. The van der Waals surface area contributed by atoms with Crippen molar-refractivity contribution in [3.8, 4) is 11.1 Å². The lowest BCUT2D eigenvalue weighted by Gasteiger charge is -2.06. The zero-order chi connectivity index (χ0) is 18.3. The summed E-state index contributed by atoms with van der Waals surface area (Å²) in [7, 11) is 0. The first-order valence-corrected chi connectivity index (χ1v) is 8.22. The fourth-order valence-electron chi connectivity index (χ4n) is 3.09. The predicted octanol–water partition coefficient (Wildman–Crippen LogP) is 2.73. The third kappa shape index (κ3) is 2.75. The molecule has 2 N–H and O–H groups in total. The minimum absolute atomic E-state index is 0.0561. The third-order valence-corrected chi connectivity index (χ3v) is 4.35. The van der Waals surface area contributed by atoms with Crippen LogP contribution in [-0.2, 0) is 6.54 Å². The molecule has 7 nitrogen and oxygen atoms in total. The van der Waals surface area contributed by atoms with Crippen LogP contribution in [0.2, 0.25) is 0 Å². The fourth-order valence-corrected chi connectivity index (χ4v) is 3.09. The van der Waals surface area contributed by atoms with Gasteiger partial charge in [-0.3, -0.25) is 0 Å². The highest BCUT2D eigenvalue weighted by molar-refractivity contribution is 5.88. The number of anilines is 1. The highest BCUT2D eigenvalue weighted by atomic mass is 19.2. The van der Waals surface area contributed by atoms with Gasteiger partial charge in [0.2, 0.25) is 5.95 Å². The maximum atomic E-state index is 13.2. The van der Waals surface area contributed by atoms with Crippen molar-refractivity contribution in [2.24, 2.45) is 0 Å². The topological polar surface area (TPSA) is 86.9 Å². The Hall–Kier alpha value is -3.10. The molecule has 0 saturated carbocycles. The molecule has 1 unspecified atom stereocenters. The van der Waals surface area contributed by atoms with Gasteiger partial charge in [-0.1, -0.05) is 11.3 Å². The summed E-state index contributed by atoms with van der Waals surface area (Å²) in [5, 5.41) is 12.3. The van der Waals surface area contributed by atoms with E-state index < -0.39 is 12.8 Å². The van der Waals surface area contributed by atoms with E-state index in [1.807, 2.05) is 37.4 Å². The molecule has 9 heteroatoms. The highest BCUT2D eigenvalue weighted by Gasteiger charge is 2.14. The van der Waals surface area contributed by atoms with Gasteiger partial charge in [0.25, 0.3) is 0 Å². The number of fused-ring (bicyclic) bond motifs is 2. The largest absolute Gasteiger partial charge is 0.367 e. The van der Waals surface area contributed by atoms with Crippen molar-refractivity contribution < 1.29 is 8.78 Å². The quantitative estimate of drug-likeness (QED) is 0.593. The average Bonchev–Trinajstić information content (AvgIpc) is 3.23. The molecule has 3 aromatic heterocycles. The number of aromatic nitrogens is 6. The number of hydrogen-bond donors (Lipinski definition) is 1. The standard InChI is InChI=1S/C17H17F2N7/c1-10-16-13(5-7-26(16)23-17(20)21-10)11-2-3-14-15(8-11)25(24-22-14)6-4-12(19)9-18/h2-3,5,7-8,12H,4,6,9H2,1H3,(H2,20,23). The molecular formula is C17H17F2N7. The van der Waals surface area contributed by atoms with Crippen molar-refractivity contribution in [3.05, 3.63) is 36.2 Å². The number of nitrogen functional groups attached to an aromatic ring is 1. The first-order chi connectivity index (χ1) is 12.6. The van der Waals surface area contributed by atoms with E-state index in [0.717, 1.165) is 27.9 Å².